The SMILES string of the molecule is CC(=O)Nc1cc(N(C(=S)Nc2ccc(C#N)c(C(F)(F)F)c2)C(C)(C)C=O)ccc1Cl. The Kier molecular flexibility index (Phi) is 7.49. The maximum absolute atomic E-state index is 13.3. The maximum atomic E-state index is 13.3. The van der Waals surface area contributed by atoms with E-state index in [1.165, 1.54) is 36.1 Å². The highest BCUT2D eigenvalue weighted by Crippen LogP contribution is 2.35. The number of aldehydes is 1. The molecule has 0 atom stereocenters. The Bertz CT molecular complexity index is 1110. The summed E-state index contributed by atoms with van der Waals surface area (Å²) in [6.45, 7) is 4.41. The van der Waals surface area contributed by atoms with Crippen LogP contribution in [0.25, 0.3) is 0 Å². The summed E-state index contributed by atoms with van der Waals surface area (Å²) >= 11 is 11.5. The Morgan fingerprint density at radius 3 is 2.38 bits per heavy atom. The first-order chi connectivity index (χ1) is 14.8. The topological polar surface area (TPSA) is 85.2 Å². The predicted molar refractivity (Wildman–Crippen MR) is 121 cm³/mol. The fourth-order valence-electron chi connectivity index (χ4n) is 2.84. The molecular weight excluding hydrogens is 465 g/mol. The zero-order chi connectivity index (χ0) is 24.3. The van der Waals surface area contributed by atoms with Crippen LogP contribution in [0, 0.1) is 11.3 Å². The molecule has 0 aromatic heterocycles. The molecule has 2 aromatic rings. The lowest BCUT2D eigenvalue weighted by molar-refractivity contribution is -0.137. The Labute approximate surface area is 193 Å². The fraction of sp³-hybridized carbons (Fsp3) is 0.238. The fourth-order valence-corrected chi connectivity index (χ4v) is 3.46. The third-order valence-electron chi connectivity index (χ3n) is 4.28. The van der Waals surface area contributed by atoms with Gasteiger partial charge in [0.2, 0.25) is 5.91 Å². The number of hydrogen-bond donors (Lipinski definition) is 2. The van der Waals surface area contributed by atoms with Crippen molar-refractivity contribution in [1.29, 1.82) is 5.26 Å². The summed E-state index contributed by atoms with van der Waals surface area (Å²) in [6.07, 6.45) is -4.12. The summed E-state index contributed by atoms with van der Waals surface area (Å²) in [6, 6.07) is 9.10. The van der Waals surface area contributed by atoms with E-state index in [0.29, 0.717) is 12.0 Å². The number of halogens is 4. The molecule has 0 bridgehead atoms. The van der Waals surface area contributed by atoms with Crippen molar-refractivity contribution in [3.63, 3.8) is 0 Å². The van der Waals surface area contributed by atoms with Crippen molar-refractivity contribution in [2.45, 2.75) is 32.5 Å². The minimum Gasteiger partial charge on any atom is -0.332 e. The smallest absolute Gasteiger partial charge is 0.332 e. The highest BCUT2D eigenvalue weighted by molar-refractivity contribution is 7.80. The summed E-state index contributed by atoms with van der Waals surface area (Å²) < 4.78 is 39.9. The predicted octanol–water partition coefficient (Wildman–Crippen LogP) is 5.37. The largest absolute Gasteiger partial charge is 0.417 e. The second-order valence-electron chi connectivity index (χ2n) is 7.25. The number of hydrogen-bond acceptors (Lipinski definition) is 4. The molecule has 0 aliphatic heterocycles. The quantitative estimate of drug-likeness (QED) is 0.440. The van der Waals surface area contributed by atoms with Crippen LogP contribution in [0.15, 0.2) is 36.4 Å². The third-order valence-corrected chi connectivity index (χ3v) is 4.90. The Hall–Kier alpha value is -3.16. The van der Waals surface area contributed by atoms with Crippen LogP contribution in [0.1, 0.15) is 31.9 Å². The van der Waals surface area contributed by atoms with Gasteiger partial charge in [0.1, 0.15) is 6.29 Å². The molecule has 0 unspecified atom stereocenters. The van der Waals surface area contributed by atoms with Crippen LogP contribution in [0.5, 0.6) is 0 Å². The summed E-state index contributed by atoms with van der Waals surface area (Å²) in [4.78, 5) is 24.6. The van der Waals surface area contributed by atoms with Gasteiger partial charge in [0, 0.05) is 18.3 Å². The van der Waals surface area contributed by atoms with E-state index >= 15 is 0 Å². The van der Waals surface area contributed by atoms with Crippen LogP contribution >= 0.6 is 23.8 Å². The van der Waals surface area contributed by atoms with Crippen molar-refractivity contribution in [2.75, 3.05) is 15.5 Å². The Morgan fingerprint density at radius 1 is 1.19 bits per heavy atom. The first-order valence-corrected chi connectivity index (χ1v) is 9.85. The average Bonchev–Trinajstić information content (AvgIpc) is 2.69. The van der Waals surface area contributed by atoms with Gasteiger partial charge in [0.25, 0.3) is 0 Å². The number of alkyl halides is 3. The molecule has 2 rings (SSSR count). The van der Waals surface area contributed by atoms with E-state index < -0.39 is 22.8 Å². The first-order valence-electron chi connectivity index (χ1n) is 9.06. The van der Waals surface area contributed by atoms with Crippen molar-refractivity contribution in [1.82, 2.24) is 0 Å². The van der Waals surface area contributed by atoms with Gasteiger partial charge < -0.3 is 20.3 Å². The molecule has 11 heteroatoms. The number of benzene rings is 2. The molecule has 0 saturated carbocycles. The van der Waals surface area contributed by atoms with Crippen LogP contribution < -0.4 is 15.5 Å². The van der Waals surface area contributed by atoms with E-state index in [-0.39, 0.29) is 27.4 Å². The molecule has 6 nitrogen and oxygen atoms in total. The van der Waals surface area contributed by atoms with E-state index in [4.69, 9.17) is 29.1 Å². The van der Waals surface area contributed by atoms with Gasteiger partial charge in [-0.15, -0.1) is 0 Å². The number of carbonyl (C=O) groups is 2. The van der Waals surface area contributed by atoms with E-state index in [9.17, 15) is 22.8 Å². The molecule has 2 aromatic carbocycles. The lowest BCUT2D eigenvalue weighted by Crippen LogP contribution is -2.51. The highest BCUT2D eigenvalue weighted by atomic mass is 35.5. The highest BCUT2D eigenvalue weighted by Gasteiger charge is 2.35. The molecule has 168 valence electrons. The molecule has 32 heavy (non-hydrogen) atoms. The number of rotatable bonds is 5. The number of nitrogens with zero attached hydrogens (tertiary/aromatic N) is 2. The monoisotopic (exact) mass is 482 g/mol. The van der Waals surface area contributed by atoms with Crippen molar-refractivity contribution >= 4 is 58.2 Å². The molecule has 0 heterocycles. The van der Waals surface area contributed by atoms with E-state index in [0.717, 1.165) is 12.1 Å². The normalized spacial score (nSPS) is 11.3. The number of thiocarbonyl (C=S) groups is 1. The van der Waals surface area contributed by atoms with Crippen LogP contribution in [0.3, 0.4) is 0 Å². The molecule has 1 amide bonds. The second-order valence-corrected chi connectivity index (χ2v) is 8.05. The van der Waals surface area contributed by atoms with Gasteiger partial charge in [0.05, 0.1) is 33.4 Å². The molecule has 2 N–H and O–H groups in total. The van der Waals surface area contributed by atoms with Crippen molar-refractivity contribution < 1.29 is 22.8 Å². The maximum Gasteiger partial charge on any atom is 0.417 e. The van der Waals surface area contributed by atoms with Gasteiger partial charge in [0.15, 0.2) is 5.11 Å². The van der Waals surface area contributed by atoms with Gasteiger partial charge in [-0.2, -0.15) is 18.4 Å². The van der Waals surface area contributed by atoms with Crippen molar-refractivity contribution in [3.8, 4) is 6.07 Å². The van der Waals surface area contributed by atoms with Gasteiger partial charge in [-0.25, -0.2) is 0 Å². The van der Waals surface area contributed by atoms with Gasteiger partial charge in [-0.3, -0.25) is 4.79 Å². The minimum absolute atomic E-state index is 0.0240. The molecule has 0 saturated heterocycles. The second kappa shape index (κ2) is 9.54. The molecular formula is C21H18ClF3N4O2S. The summed E-state index contributed by atoms with van der Waals surface area (Å²) in [5, 5.41) is 14.4. The lowest BCUT2D eigenvalue weighted by atomic mass is 10.0. The average molecular weight is 483 g/mol. The van der Waals surface area contributed by atoms with Gasteiger partial charge in [-0.05, 0) is 62.5 Å². The zero-order valence-corrected chi connectivity index (χ0v) is 18.7. The van der Waals surface area contributed by atoms with Crippen LogP contribution in [-0.4, -0.2) is 22.8 Å². The number of amides is 1. The zero-order valence-electron chi connectivity index (χ0n) is 17.2. The Morgan fingerprint density at radius 2 is 1.84 bits per heavy atom. The summed E-state index contributed by atoms with van der Waals surface area (Å²) in [5.41, 5.74) is -2.26. The lowest BCUT2D eigenvalue weighted by Gasteiger charge is -2.37. The standard InChI is InChI=1S/C21H18ClF3N4O2S/c1-12(31)27-18-9-15(6-7-17(18)22)29(20(2,3)11-30)19(32)28-14-5-4-13(10-26)16(8-14)21(23,24)25/h4-9,11H,1-3H3,(H,27,31)(H,28,32). The molecule has 0 spiro atoms. The molecule has 0 radical (unpaired) electrons. The van der Waals surface area contributed by atoms with E-state index in [1.54, 1.807) is 19.9 Å². The van der Waals surface area contributed by atoms with Crippen LogP contribution in [-0.2, 0) is 15.8 Å². The number of nitrogens with one attached hydrogen (secondary N) is 2. The van der Waals surface area contributed by atoms with Crippen molar-refractivity contribution in [2.24, 2.45) is 0 Å². The summed E-state index contributed by atoms with van der Waals surface area (Å²) in [7, 11) is 0. The molecule has 0 aliphatic carbocycles. The first kappa shape index (κ1) is 25.1. The van der Waals surface area contributed by atoms with Crippen LogP contribution in [0.4, 0.5) is 30.2 Å². The van der Waals surface area contributed by atoms with Gasteiger partial charge in [-0.1, -0.05) is 11.6 Å². The molecule has 0 fully saturated rings. The minimum atomic E-state index is -4.74. The van der Waals surface area contributed by atoms with Gasteiger partial charge >= 0.3 is 6.18 Å². The van der Waals surface area contributed by atoms with E-state index in [2.05, 4.69) is 10.6 Å². The van der Waals surface area contributed by atoms with Crippen LogP contribution in [0.2, 0.25) is 5.02 Å². The van der Waals surface area contributed by atoms with Crippen molar-refractivity contribution in [3.05, 3.63) is 52.5 Å². The Balaban J connectivity index is 2.50. The van der Waals surface area contributed by atoms with E-state index in [1.807, 2.05) is 0 Å². The summed E-state index contributed by atoms with van der Waals surface area (Å²) in [5.74, 6) is -0.372. The number of carbonyl (C=O) groups excluding carboxylic acids is 2. The number of anilines is 3. The third kappa shape index (κ3) is 5.75. The number of nitriles is 1. The molecule has 0 aliphatic rings.